The van der Waals surface area contributed by atoms with E-state index in [9.17, 15) is 4.79 Å². The van der Waals surface area contributed by atoms with Gasteiger partial charge in [0.25, 0.3) is 5.91 Å². The summed E-state index contributed by atoms with van der Waals surface area (Å²) in [5.74, 6) is 5.96. The van der Waals surface area contributed by atoms with Crippen molar-refractivity contribution in [2.45, 2.75) is 6.10 Å². The predicted octanol–water partition coefficient (Wildman–Crippen LogP) is 0.359. The van der Waals surface area contributed by atoms with E-state index >= 15 is 0 Å². The molecule has 1 heterocycles. The first-order chi connectivity index (χ1) is 10.2. The van der Waals surface area contributed by atoms with Gasteiger partial charge in [-0.15, -0.1) is 0 Å². The highest BCUT2D eigenvalue weighted by atomic mass is 16.6. The first-order valence-electron chi connectivity index (χ1n) is 6.61. The topological polar surface area (TPSA) is 82.8 Å². The zero-order valence-electron chi connectivity index (χ0n) is 11.8. The molecule has 1 aromatic rings. The fourth-order valence-electron chi connectivity index (χ4n) is 1.89. The SMILES string of the molecule is COc1ccc(C#CCN)cc1NC(=O)C1COCCO1. The average molecular weight is 290 g/mol. The van der Waals surface area contributed by atoms with E-state index in [0.717, 1.165) is 5.56 Å². The number of ether oxygens (including phenoxy) is 3. The third-order valence-corrected chi connectivity index (χ3v) is 2.90. The van der Waals surface area contributed by atoms with Gasteiger partial charge in [0.15, 0.2) is 6.10 Å². The third-order valence-electron chi connectivity index (χ3n) is 2.90. The second kappa shape index (κ2) is 7.64. The minimum atomic E-state index is -0.609. The molecule has 6 nitrogen and oxygen atoms in total. The summed E-state index contributed by atoms with van der Waals surface area (Å²) < 4.78 is 15.8. The van der Waals surface area contributed by atoms with Crippen LogP contribution in [0.1, 0.15) is 5.56 Å². The number of methoxy groups -OCH3 is 1. The van der Waals surface area contributed by atoms with Gasteiger partial charge in [-0.25, -0.2) is 0 Å². The quantitative estimate of drug-likeness (QED) is 0.785. The molecule has 3 N–H and O–H groups in total. The number of hydrogen-bond donors (Lipinski definition) is 2. The van der Waals surface area contributed by atoms with Crippen LogP contribution in [-0.2, 0) is 14.3 Å². The molecule has 1 fully saturated rings. The molecular weight excluding hydrogens is 272 g/mol. The van der Waals surface area contributed by atoms with Crippen molar-refractivity contribution < 1.29 is 19.0 Å². The Hall–Kier alpha value is -2.07. The molecule has 1 saturated heterocycles. The van der Waals surface area contributed by atoms with Gasteiger partial charge in [0.1, 0.15) is 5.75 Å². The van der Waals surface area contributed by atoms with E-state index in [1.165, 1.54) is 7.11 Å². The van der Waals surface area contributed by atoms with E-state index in [1.807, 2.05) is 0 Å². The fraction of sp³-hybridized carbons (Fsp3) is 0.400. The van der Waals surface area contributed by atoms with Gasteiger partial charge < -0.3 is 25.3 Å². The van der Waals surface area contributed by atoms with Gasteiger partial charge in [0.05, 0.1) is 39.2 Å². The number of benzene rings is 1. The van der Waals surface area contributed by atoms with E-state index < -0.39 is 6.10 Å². The van der Waals surface area contributed by atoms with Gasteiger partial charge in [-0.05, 0) is 18.2 Å². The molecule has 6 heteroatoms. The molecule has 0 saturated carbocycles. The van der Waals surface area contributed by atoms with Gasteiger partial charge in [-0.1, -0.05) is 11.8 Å². The van der Waals surface area contributed by atoms with Crippen molar-refractivity contribution in [2.75, 3.05) is 38.8 Å². The zero-order valence-corrected chi connectivity index (χ0v) is 11.8. The standard InChI is InChI=1S/C15H18N2O4/c1-19-13-5-4-11(3-2-6-16)9-12(13)17-15(18)14-10-20-7-8-21-14/h4-5,9,14H,6-8,10,16H2,1H3,(H,17,18). The molecule has 1 unspecified atom stereocenters. The number of nitrogens with one attached hydrogen (secondary N) is 1. The number of hydrogen-bond acceptors (Lipinski definition) is 5. The van der Waals surface area contributed by atoms with E-state index in [0.29, 0.717) is 24.7 Å². The van der Waals surface area contributed by atoms with Crippen molar-refractivity contribution in [3.8, 4) is 17.6 Å². The molecule has 21 heavy (non-hydrogen) atoms. The number of amides is 1. The van der Waals surface area contributed by atoms with Gasteiger partial charge >= 0.3 is 0 Å². The number of rotatable bonds is 3. The first kappa shape index (κ1) is 15.3. The summed E-state index contributed by atoms with van der Waals surface area (Å²) in [6, 6.07) is 5.29. The Morgan fingerprint density at radius 1 is 1.52 bits per heavy atom. The van der Waals surface area contributed by atoms with Gasteiger partial charge in [-0.3, -0.25) is 4.79 Å². The maximum absolute atomic E-state index is 12.1. The molecule has 0 bridgehead atoms. The summed E-state index contributed by atoms with van der Waals surface area (Å²) >= 11 is 0. The van der Waals surface area contributed by atoms with E-state index in [1.54, 1.807) is 18.2 Å². The smallest absolute Gasteiger partial charge is 0.256 e. The van der Waals surface area contributed by atoms with Crippen molar-refractivity contribution >= 4 is 11.6 Å². The Labute approximate surface area is 123 Å². The van der Waals surface area contributed by atoms with Crippen LogP contribution in [-0.4, -0.2) is 45.5 Å². The van der Waals surface area contributed by atoms with Gasteiger partial charge in [-0.2, -0.15) is 0 Å². The van der Waals surface area contributed by atoms with Crippen LogP contribution < -0.4 is 15.8 Å². The molecule has 1 aliphatic heterocycles. The molecule has 2 rings (SSSR count). The van der Waals surface area contributed by atoms with E-state index in [4.69, 9.17) is 19.9 Å². The summed E-state index contributed by atoms with van der Waals surface area (Å²) in [6.07, 6.45) is -0.609. The predicted molar refractivity (Wildman–Crippen MR) is 78.1 cm³/mol. The van der Waals surface area contributed by atoms with Crippen LogP contribution in [0.5, 0.6) is 5.75 Å². The van der Waals surface area contributed by atoms with Crippen molar-refractivity contribution in [3.63, 3.8) is 0 Å². The van der Waals surface area contributed by atoms with Crippen LogP contribution in [0.2, 0.25) is 0 Å². The Morgan fingerprint density at radius 3 is 3.05 bits per heavy atom. The van der Waals surface area contributed by atoms with E-state index in [-0.39, 0.29) is 19.1 Å². The highest BCUT2D eigenvalue weighted by Gasteiger charge is 2.23. The summed E-state index contributed by atoms with van der Waals surface area (Å²) in [5, 5.41) is 2.78. The third kappa shape index (κ3) is 4.20. The lowest BCUT2D eigenvalue weighted by Gasteiger charge is -2.22. The average Bonchev–Trinajstić information content (AvgIpc) is 2.54. The molecule has 112 valence electrons. The summed E-state index contributed by atoms with van der Waals surface area (Å²) in [6.45, 7) is 1.45. The normalized spacial score (nSPS) is 17.5. The van der Waals surface area contributed by atoms with E-state index in [2.05, 4.69) is 17.2 Å². The van der Waals surface area contributed by atoms with Crippen molar-refractivity contribution in [1.29, 1.82) is 0 Å². The lowest BCUT2D eigenvalue weighted by Crippen LogP contribution is -2.39. The minimum Gasteiger partial charge on any atom is -0.495 e. The Morgan fingerprint density at radius 2 is 2.38 bits per heavy atom. The molecule has 0 aliphatic carbocycles. The fourth-order valence-corrected chi connectivity index (χ4v) is 1.89. The van der Waals surface area contributed by atoms with Crippen LogP contribution in [0, 0.1) is 11.8 Å². The molecule has 0 spiro atoms. The first-order valence-corrected chi connectivity index (χ1v) is 6.61. The maximum atomic E-state index is 12.1. The minimum absolute atomic E-state index is 0.251. The number of nitrogens with two attached hydrogens (primary N) is 1. The van der Waals surface area contributed by atoms with Gasteiger partial charge in [0.2, 0.25) is 0 Å². The molecular formula is C15H18N2O4. The summed E-state index contributed by atoms with van der Waals surface area (Å²) in [5.41, 5.74) is 6.64. The monoisotopic (exact) mass is 290 g/mol. The summed E-state index contributed by atoms with van der Waals surface area (Å²) in [4.78, 5) is 12.1. The number of carbonyl (C=O) groups is 1. The lowest BCUT2D eigenvalue weighted by atomic mass is 10.1. The second-order valence-corrected chi connectivity index (χ2v) is 4.34. The summed E-state index contributed by atoms with van der Waals surface area (Å²) in [7, 11) is 1.54. The zero-order chi connectivity index (χ0) is 15.1. The van der Waals surface area contributed by atoms with Crippen LogP contribution in [0.25, 0.3) is 0 Å². The number of carbonyl (C=O) groups excluding carboxylic acids is 1. The van der Waals surface area contributed by atoms with Crippen molar-refractivity contribution in [3.05, 3.63) is 23.8 Å². The molecule has 1 amide bonds. The second-order valence-electron chi connectivity index (χ2n) is 4.34. The highest BCUT2D eigenvalue weighted by molar-refractivity contribution is 5.95. The van der Waals surface area contributed by atoms with Crippen LogP contribution in [0.15, 0.2) is 18.2 Å². The van der Waals surface area contributed by atoms with Gasteiger partial charge in [0, 0.05) is 5.56 Å². The van der Waals surface area contributed by atoms with Crippen LogP contribution in [0.3, 0.4) is 0 Å². The van der Waals surface area contributed by atoms with Crippen molar-refractivity contribution in [1.82, 2.24) is 0 Å². The Kier molecular flexibility index (Phi) is 5.58. The van der Waals surface area contributed by atoms with Crippen LogP contribution >= 0.6 is 0 Å². The largest absolute Gasteiger partial charge is 0.495 e. The molecule has 1 atom stereocenters. The maximum Gasteiger partial charge on any atom is 0.256 e. The Bertz CT molecular complexity index is 557. The van der Waals surface area contributed by atoms with Crippen molar-refractivity contribution in [2.24, 2.45) is 5.73 Å². The molecule has 0 aromatic heterocycles. The lowest BCUT2D eigenvalue weighted by molar-refractivity contribution is -0.142. The molecule has 0 radical (unpaired) electrons. The highest BCUT2D eigenvalue weighted by Crippen LogP contribution is 2.25. The molecule has 1 aromatic carbocycles. The molecule has 1 aliphatic rings. The Balaban J connectivity index is 2.14. The number of anilines is 1. The van der Waals surface area contributed by atoms with Crippen LogP contribution in [0.4, 0.5) is 5.69 Å².